The van der Waals surface area contributed by atoms with Crippen molar-refractivity contribution in [1.29, 1.82) is 5.26 Å². The second kappa shape index (κ2) is 8.00. The van der Waals surface area contributed by atoms with Gasteiger partial charge in [-0.2, -0.15) is 18.4 Å². The van der Waals surface area contributed by atoms with Crippen molar-refractivity contribution in [3.8, 4) is 6.07 Å². The van der Waals surface area contributed by atoms with E-state index in [0.29, 0.717) is 10.6 Å². The van der Waals surface area contributed by atoms with E-state index in [-0.39, 0.29) is 31.7 Å². The molecule has 0 N–H and O–H groups in total. The van der Waals surface area contributed by atoms with Crippen LogP contribution in [0.5, 0.6) is 0 Å². The zero-order valence-corrected chi connectivity index (χ0v) is 17.0. The first kappa shape index (κ1) is 22.6. The number of allylic oxidation sites excluding steroid dienone is 4. The highest BCUT2D eigenvalue weighted by molar-refractivity contribution is 9.10. The Kier molecular flexibility index (Phi) is 6.25. The van der Waals surface area contributed by atoms with Gasteiger partial charge in [-0.1, -0.05) is 24.8 Å². The maximum Gasteiger partial charge on any atom is 0.406 e. The maximum atomic E-state index is 13.2. The van der Waals surface area contributed by atoms with E-state index in [9.17, 15) is 32.4 Å². The first-order valence-corrected chi connectivity index (χ1v) is 8.81. The Morgan fingerprint density at radius 3 is 2.45 bits per heavy atom. The van der Waals surface area contributed by atoms with Gasteiger partial charge in [0.1, 0.15) is 18.4 Å². The van der Waals surface area contributed by atoms with Crippen molar-refractivity contribution in [1.82, 2.24) is 9.13 Å². The van der Waals surface area contributed by atoms with Gasteiger partial charge in [-0.15, -0.1) is 0 Å². The van der Waals surface area contributed by atoms with E-state index >= 15 is 0 Å². The molecule has 5 nitrogen and oxygen atoms in total. The van der Waals surface area contributed by atoms with Crippen LogP contribution >= 0.6 is 27.5 Å². The SMILES string of the molecule is C=C(F)/C=C(\C(=C)Cl)C(=O)c1c(Br)cc2c(c1C#N)n(C)c(=O)n2CC(F)(F)F. The van der Waals surface area contributed by atoms with Crippen LogP contribution in [-0.4, -0.2) is 21.1 Å². The zero-order chi connectivity index (χ0) is 22.3. The van der Waals surface area contributed by atoms with Gasteiger partial charge in [0, 0.05) is 22.1 Å². The summed E-state index contributed by atoms with van der Waals surface area (Å²) in [6.45, 7) is 4.78. The van der Waals surface area contributed by atoms with Gasteiger partial charge in [0.25, 0.3) is 0 Å². The van der Waals surface area contributed by atoms with Crippen LogP contribution in [0.25, 0.3) is 11.0 Å². The Morgan fingerprint density at radius 1 is 1.41 bits per heavy atom. The summed E-state index contributed by atoms with van der Waals surface area (Å²) in [7, 11) is 1.17. The predicted octanol–water partition coefficient (Wildman–Crippen LogP) is 4.88. The molecule has 1 aromatic heterocycles. The highest BCUT2D eigenvalue weighted by atomic mass is 79.9. The number of alkyl halides is 3. The molecular formula is C18H11BrClF4N3O2. The van der Waals surface area contributed by atoms with Crippen molar-refractivity contribution in [2.24, 2.45) is 7.05 Å². The summed E-state index contributed by atoms with van der Waals surface area (Å²) in [5, 5.41) is 9.27. The number of fused-ring (bicyclic) bond motifs is 1. The van der Waals surface area contributed by atoms with Crippen LogP contribution in [0.3, 0.4) is 0 Å². The third-order valence-corrected chi connectivity index (χ3v) is 4.72. The molecule has 0 amide bonds. The Hall–Kier alpha value is -2.64. The fourth-order valence-electron chi connectivity index (χ4n) is 2.77. The van der Waals surface area contributed by atoms with E-state index in [1.165, 1.54) is 7.05 Å². The molecule has 0 aliphatic carbocycles. The summed E-state index contributed by atoms with van der Waals surface area (Å²) in [6, 6.07) is 2.84. The molecule has 1 aromatic carbocycles. The van der Waals surface area contributed by atoms with E-state index in [1.54, 1.807) is 6.07 Å². The number of aromatic nitrogens is 2. The van der Waals surface area contributed by atoms with Crippen molar-refractivity contribution >= 4 is 44.3 Å². The first-order chi connectivity index (χ1) is 13.3. The van der Waals surface area contributed by atoms with Gasteiger partial charge in [-0.05, 0) is 28.1 Å². The maximum absolute atomic E-state index is 13.2. The summed E-state index contributed by atoms with van der Waals surface area (Å²) in [6.07, 6.45) is -3.98. The number of benzene rings is 1. The minimum Gasteiger partial charge on any atom is -0.294 e. The molecule has 0 saturated carbocycles. The average Bonchev–Trinajstić information content (AvgIpc) is 2.81. The van der Waals surface area contributed by atoms with Gasteiger partial charge < -0.3 is 0 Å². The first-order valence-electron chi connectivity index (χ1n) is 7.64. The number of rotatable bonds is 5. The van der Waals surface area contributed by atoms with Crippen LogP contribution < -0.4 is 5.69 Å². The highest BCUT2D eigenvalue weighted by Gasteiger charge is 2.32. The number of halogens is 6. The van der Waals surface area contributed by atoms with Crippen LogP contribution in [0.15, 0.2) is 51.0 Å². The van der Waals surface area contributed by atoms with E-state index < -0.39 is 35.6 Å². The van der Waals surface area contributed by atoms with Crippen LogP contribution in [-0.2, 0) is 13.6 Å². The lowest BCUT2D eigenvalue weighted by Crippen LogP contribution is -2.28. The molecule has 2 aromatic rings. The van der Waals surface area contributed by atoms with Crippen LogP contribution in [0.4, 0.5) is 17.6 Å². The van der Waals surface area contributed by atoms with Crippen molar-refractivity contribution in [2.75, 3.05) is 0 Å². The number of Topliss-reactive ketones (excluding diaryl/α,β-unsaturated/α-hetero) is 1. The Labute approximate surface area is 174 Å². The molecule has 152 valence electrons. The van der Waals surface area contributed by atoms with Gasteiger partial charge in [-0.3, -0.25) is 13.9 Å². The number of carbonyl (C=O) groups is 1. The van der Waals surface area contributed by atoms with Gasteiger partial charge in [0.2, 0.25) is 0 Å². The molecule has 1 heterocycles. The standard InChI is InChI=1S/C18H11BrClF4N3O2/c1-8(21)4-10(9(2)20)16(28)14-11(6-25)15-13(5-12(14)19)27(7-18(22,23)24)17(29)26(15)3/h4-5H,1-2,7H2,3H3/b10-4+. The molecule has 11 heteroatoms. The molecule has 0 fully saturated rings. The zero-order valence-electron chi connectivity index (χ0n) is 14.7. The van der Waals surface area contributed by atoms with Crippen molar-refractivity contribution < 1.29 is 22.4 Å². The summed E-state index contributed by atoms with van der Waals surface area (Å²) >= 11 is 8.81. The second-order valence-corrected chi connectivity index (χ2v) is 7.18. The number of hydrogen-bond acceptors (Lipinski definition) is 3. The van der Waals surface area contributed by atoms with Crippen molar-refractivity contribution in [3.63, 3.8) is 0 Å². The summed E-state index contributed by atoms with van der Waals surface area (Å²) in [4.78, 5) is 25.2. The number of ketones is 1. The molecule has 0 atom stereocenters. The monoisotopic (exact) mass is 491 g/mol. The summed E-state index contributed by atoms with van der Waals surface area (Å²) in [5.74, 6) is -1.93. The van der Waals surface area contributed by atoms with Crippen LogP contribution in [0.2, 0.25) is 0 Å². The minimum atomic E-state index is -4.69. The molecule has 0 bridgehead atoms. The molecule has 0 saturated heterocycles. The molecule has 0 spiro atoms. The third kappa shape index (κ3) is 4.36. The topological polar surface area (TPSA) is 67.8 Å². The number of aryl methyl sites for hydroxylation is 1. The van der Waals surface area contributed by atoms with Crippen molar-refractivity contribution in [2.45, 2.75) is 12.7 Å². The lowest BCUT2D eigenvalue weighted by Gasteiger charge is -2.12. The quantitative estimate of drug-likeness (QED) is 0.259. The summed E-state index contributed by atoms with van der Waals surface area (Å²) < 4.78 is 53.1. The molecular weight excluding hydrogens is 482 g/mol. The van der Waals surface area contributed by atoms with Gasteiger partial charge >= 0.3 is 11.9 Å². The number of nitriles is 1. The van der Waals surface area contributed by atoms with E-state index in [1.807, 2.05) is 0 Å². The average molecular weight is 493 g/mol. The van der Waals surface area contributed by atoms with Crippen LogP contribution in [0, 0.1) is 11.3 Å². The highest BCUT2D eigenvalue weighted by Crippen LogP contribution is 2.33. The Balaban J connectivity index is 2.93. The summed E-state index contributed by atoms with van der Waals surface area (Å²) in [5.41, 5.74) is -2.52. The molecule has 0 aliphatic heterocycles. The molecule has 29 heavy (non-hydrogen) atoms. The molecule has 0 radical (unpaired) electrons. The fourth-order valence-corrected chi connectivity index (χ4v) is 3.51. The normalized spacial score (nSPS) is 12.1. The lowest BCUT2D eigenvalue weighted by molar-refractivity contribution is -0.140. The number of hydrogen-bond donors (Lipinski definition) is 0. The van der Waals surface area contributed by atoms with Crippen LogP contribution in [0.1, 0.15) is 15.9 Å². The minimum absolute atomic E-state index is 0.0821. The van der Waals surface area contributed by atoms with Crippen molar-refractivity contribution in [3.05, 3.63) is 67.8 Å². The molecule has 0 unspecified atom stereocenters. The fraction of sp³-hybridized carbons (Fsp3) is 0.167. The van der Waals surface area contributed by atoms with Gasteiger partial charge in [0.15, 0.2) is 5.78 Å². The molecule has 2 rings (SSSR count). The lowest BCUT2D eigenvalue weighted by atomic mass is 9.97. The van der Waals surface area contributed by atoms with E-state index in [4.69, 9.17) is 11.6 Å². The predicted molar refractivity (Wildman–Crippen MR) is 103 cm³/mol. The number of carbonyl (C=O) groups excluding carboxylic acids is 1. The Morgan fingerprint density at radius 2 is 2.00 bits per heavy atom. The number of nitrogens with zero attached hydrogens (tertiary/aromatic N) is 3. The Bertz CT molecular complexity index is 1200. The van der Waals surface area contributed by atoms with E-state index in [0.717, 1.165) is 10.6 Å². The molecule has 0 aliphatic rings. The third-order valence-electron chi connectivity index (χ3n) is 3.89. The smallest absolute Gasteiger partial charge is 0.294 e. The van der Waals surface area contributed by atoms with Gasteiger partial charge in [-0.25, -0.2) is 9.18 Å². The van der Waals surface area contributed by atoms with E-state index in [2.05, 4.69) is 29.1 Å². The second-order valence-electron chi connectivity index (χ2n) is 5.87. The van der Waals surface area contributed by atoms with Gasteiger partial charge in [0.05, 0.1) is 22.2 Å². The largest absolute Gasteiger partial charge is 0.406 e. The number of imidazole rings is 1.